The van der Waals surface area contributed by atoms with E-state index in [-0.39, 0.29) is 11.9 Å². The van der Waals surface area contributed by atoms with Crippen molar-refractivity contribution in [2.75, 3.05) is 0 Å². The number of fused-ring (bicyclic) bond motifs is 1. The van der Waals surface area contributed by atoms with Crippen LogP contribution in [0.25, 0.3) is 10.8 Å². The molecule has 0 heterocycles. The molecule has 0 radical (unpaired) electrons. The Kier molecular flexibility index (Phi) is 5.39. The Labute approximate surface area is 144 Å². The molecule has 1 saturated carbocycles. The van der Waals surface area contributed by atoms with Crippen LogP contribution in [-0.4, -0.2) is 18.1 Å². The van der Waals surface area contributed by atoms with Crippen molar-refractivity contribution in [2.24, 2.45) is 5.92 Å². The van der Waals surface area contributed by atoms with Gasteiger partial charge in [0.15, 0.2) is 6.10 Å². The Morgan fingerprint density at radius 1 is 1.04 bits per heavy atom. The number of nitrogens with one attached hydrogen (secondary N) is 1. The summed E-state index contributed by atoms with van der Waals surface area (Å²) in [6.45, 7) is 3.94. The third kappa shape index (κ3) is 4.08. The van der Waals surface area contributed by atoms with Crippen LogP contribution in [0.3, 0.4) is 0 Å². The van der Waals surface area contributed by atoms with Crippen LogP contribution in [0.2, 0.25) is 0 Å². The molecule has 1 aliphatic rings. The van der Waals surface area contributed by atoms with E-state index in [1.807, 2.05) is 37.3 Å². The highest BCUT2D eigenvalue weighted by Gasteiger charge is 2.24. The smallest absolute Gasteiger partial charge is 0.260 e. The molecule has 2 aromatic carbocycles. The Balaban J connectivity index is 1.58. The highest BCUT2D eigenvalue weighted by atomic mass is 16.5. The van der Waals surface area contributed by atoms with E-state index in [0.717, 1.165) is 11.1 Å². The normalized spacial score (nSPS) is 18.1. The molecule has 128 valence electrons. The summed E-state index contributed by atoms with van der Waals surface area (Å²) in [4.78, 5) is 12.4. The molecule has 0 aliphatic heterocycles. The number of rotatable bonds is 5. The van der Waals surface area contributed by atoms with Crippen LogP contribution in [0.4, 0.5) is 0 Å². The summed E-state index contributed by atoms with van der Waals surface area (Å²) in [5.74, 6) is 1.32. The van der Waals surface area contributed by atoms with Crippen molar-refractivity contribution in [2.45, 2.75) is 58.1 Å². The van der Waals surface area contributed by atoms with E-state index in [4.69, 9.17) is 4.74 Å². The summed E-state index contributed by atoms with van der Waals surface area (Å²) >= 11 is 0. The van der Waals surface area contributed by atoms with Crippen molar-refractivity contribution in [3.8, 4) is 5.75 Å². The molecule has 2 atom stereocenters. The number of carbonyl (C=O) groups excluding carboxylic acids is 1. The van der Waals surface area contributed by atoms with Gasteiger partial charge in [0.2, 0.25) is 0 Å². The summed E-state index contributed by atoms with van der Waals surface area (Å²) in [7, 11) is 0. The zero-order valence-corrected chi connectivity index (χ0v) is 14.6. The molecule has 3 heteroatoms. The lowest BCUT2D eigenvalue weighted by Gasteiger charge is -2.29. The molecule has 2 aromatic rings. The van der Waals surface area contributed by atoms with E-state index in [1.54, 1.807) is 0 Å². The quantitative estimate of drug-likeness (QED) is 0.866. The zero-order chi connectivity index (χ0) is 16.9. The van der Waals surface area contributed by atoms with Crippen molar-refractivity contribution in [3.05, 3.63) is 42.5 Å². The van der Waals surface area contributed by atoms with Crippen molar-refractivity contribution < 1.29 is 9.53 Å². The molecule has 1 N–H and O–H groups in total. The van der Waals surface area contributed by atoms with Gasteiger partial charge in [-0.25, -0.2) is 0 Å². The van der Waals surface area contributed by atoms with Gasteiger partial charge >= 0.3 is 0 Å². The topological polar surface area (TPSA) is 38.3 Å². The second-order valence-electron chi connectivity index (χ2n) is 6.96. The molecule has 0 bridgehead atoms. The lowest BCUT2D eigenvalue weighted by atomic mass is 9.84. The molecule has 1 aliphatic carbocycles. The maximum atomic E-state index is 12.4. The van der Waals surface area contributed by atoms with Gasteiger partial charge in [-0.15, -0.1) is 0 Å². The number of hydrogen-bond acceptors (Lipinski definition) is 2. The van der Waals surface area contributed by atoms with Gasteiger partial charge in [-0.2, -0.15) is 0 Å². The average molecular weight is 325 g/mol. The van der Waals surface area contributed by atoms with Crippen molar-refractivity contribution >= 4 is 16.7 Å². The number of benzene rings is 2. The Bertz CT molecular complexity index is 691. The first-order chi connectivity index (χ1) is 11.6. The van der Waals surface area contributed by atoms with E-state index in [0.29, 0.717) is 5.92 Å². The first-order valence-electron chi connectivity index (χ1n) is 9.09. The van der Waals surface area contributed by atoms with Crippen LogP contribution >= 0.6 is 0 Å². The molecule has 0 spiro atoms. The standard InChI is InChI=1S/C21H27NO2/c1-15(17-8-4-3-5-9-17)22-21(23)16(2)24-20-13-12-18-10-6-7-11-19(18)14-20/h6-7,10-17H,3-5,8-9H2,1-2H3,(H,22,23)/t15-,16-/m1/s1. The van der Waals surface area contributed by atoms with Gasteiger partial charge in [0, 0.05) is 6.04 Å². The maximum Gasteiger partial charge on any atom is 0.260 e. The summed E-state index contributed by atoms with van der Waals surface area (Å²) in [5.41, 5.74) is 0. The lowest BCUT2D eigenvalue weighted by Crippen LogP contribution is -2.44. The molecular weight excluding hydrogens is 298 g/mol. The van der Waals surface area contributed by atoms with Crippen molar-refractivity contribution in [3.63, 3.8) is 0 Å². The van der Waals surface area contributed by atoms with Gasteiger partial charge in [-0.1, -0.05) is 49.6 Å². The Morgan fingerprint density at radius 3 is 2.50 bits per heavy atom. The van der Waals surface area contributed by atoms with E-state index in [2.05, 4.69) is 24.4 Å². The number of hydrogen-bond donors (Lipinski definition) is 1. The minimum Gasteiger partial charge on any atom is -0.481 e. The van der Waals surface area contributed by atoms with Gasteiger partial charge in [-0.05, 0) is 55.5 Å². The van der Waals surface area contributed by atoms with Crippen LogP contribution in [0.1, 0.15) is 46.0 Å². The molecule has 0 unspecified atom stereocenters. The molecule has 24 heavy (non-hydrogen) atoms. The van der Waals surface area contributed by atoms with Gasteiger partial charge in [0.25, 0.3) is 5.91 Å². The van der Waals surface area contributed by atoms with Crippen molar-refractivity contribution in [1.82, 2.24) is 5.32 Å². The Morgan fingerprint density at radius 2 is 1.75 bits per heavy atom. The number of ether oxygens (including phenoxy) is 1. The van der Waals surface area contributed by atoms with Crippen LogP contribution in [0.5, 0.6) is 5.75 Å². The summed E-state index contributed by atoms with van der Waals surface area (Å²) in [5, 5.41) is 5.44. The fraction of sp³-hybridized carbons (Fsp3) is 0.476. The molecule has 1 fully saturated rings. The van der Waals surface area contributed by atoms with Gasteiger partial charge in [0.05, 0.1) is 0 Å². The summed E-state index contributed by atoms with van der Waals surface area (Å²) < 4.78 is 5.86. The molecule has 3 nitrogen and oxygen atoms in total. The monoisotopic (exact) mass is 325 g/mol. The predicted molar refractivity (Wildman–Crippen MR) is 98.2 cm³/mol. The highest BCUT2D eigenvalue weighted by Crippen LogP contribution is 2.26. The van der Waals surface area contributed by atoms with Crippen molar-refractivity contribution in [1.29, 1.82) is 0 Å². The third-order valence-corrected chi connectivity index (χ3v) is 5.13. The third-order valence-electron chi connectivity index (χ3n) is 5.13. The maximum absolute atomic E-state index is 12.4. The first kappa shape index (κ1) is 16.8. The fourth-order valence-electron chi connectivity index (χ4n) is 3.59. The Hall–Kier alpha value is -2.03. The largest absolute Gasteiger partial charge is 0.481 e. The molecule has 3 rings (SSSR count). The SMILES string of the molecule is C[C@@H](Oc1ccc2ccccc2c1)C(=O)N[C@H](C)C1CCCCC1. The number of carbonyl (C=O) groups is 1. The van der Waals surface area contributed by atoms with E-state index >= 15 is 0 Å². The fourth-order valence-corrected chi connectivity index (χ4v) is 3.59. The lowest BCUT2D eigenvalue weighted by molar-refractivity contribution is -0.128. The van der Waals surface area contributed by atoms with E-state index in [9.17, 15) is 4.79 Å². The van der Waals surface area contributed by atoms with Crippen LogP contribution in [-0.2, 0) is 4.79 Å². The predicted octanol–water partition coefficient (Wildman–Crippen LogP) is 4.69. The second kappa shape index (κ2) is 7.69. The summed E-state index contributed by atoms with van der Waals surface area (Å²) in [6.07, 6.45) is 5.86. The minimum atomic E-state index is -0.489. The first-order valence-corrected chi connectivity index (χ1v) is 9.09. The zero-order valence-electron chi connectivity index (χ0n) is 14.6. The summed E-state index contributed by atoms with van der Waals surface area (Å²) in [6, 6.07) is 14.3. The van der Waals surface area contributed by atoms with Crippen LogP contribution in [0, 0.1) is 5.92 Å². The van der Waals surface area contributed by atoms with E-state index < -0.39 is 6.10 Å². The molecular formula is C21H27NO2. The molecule has 0 saturated heterocycles. The van der Waals surface area contributed by atoms with E-state index in [1.165, 1.54) is 37.5 Å². The van der Waals surface area contributed by atoms with Gasteiger partial charge < -0.3 is 10.1 Å². The molecule has 1 amide bonds. The van der Waals surface area contributed by atoms with Gasteiger partial charge in [-0.3, -0.25) is 4.79 Å². The second-order valence-corrected chi connectivity index (χ2v) is 6.96. The average Bonchev–Trinajstić information content (AvgIpc) is 2.62. The molecule has 0 aromatic heterocycles. The van der Waals surface area contributed by atoms with Gasteiger partial charge in [0.1, 0.15) is 5.75 Å². The van der Waals surface area contributed by atoms with Crippen LogP contribution < -0.4 is 10.1 Å². The van der Waals surface area contributed by atoms with Crippen LogP contribution in [0.15, 0.2) is 42.5 Å². The number of amides is 1. The minimum absolute atomic E-state index is 0.0266. The highest BCUT2D eigenvalue weighted by molar-refractivity contribution is 5.84.